The number of carboxylic acid groups (broad SMARTS) is 1. The van der Waals surface area contributed by atoms with Crippen molar-refractivity contribution in [2.45, 2.75) is 29.7 Å². The zero-order chi connectivity index (χ0) is 14.3. The highest BCUT2D eigenvalue weighted by Crippen LogP contribution is 2.34. The highest BCUT2D eigenvalue weighted by molar-refractivity contribution is 9.10. The summed E-state index contributed by atoms with van der Waals surface area (Å²) in [7, 11) is -3.95. The van der Waals surface area contributed by atoms with Crippen LogP contribution in [0.1, 0.15) is 29.8 Å². The van der Waals surface area contributed by atoms with Crippen molar-refractivity contribution in [1.29, 1.82) is 0 Å². The van der Waals surface area contributed by atoms with Crippen molar-refractivity contribution in [3.05, 3.63) is 16.5 Å². The Balaban J connectivity index is 2.32. The van der Waals surface area contributed by atoms with Crippen molar-refractivity contribution in [1.82, 2.24) is 4.72 Å². The van der Waals surface area contributed by atoms with Crippen LogP contribution in [0.2, 0.25) is 0 Å². The van der Waals surface area contributed by atoms with E-state index >= 15 is 0 Å². The van der Waals surface area contributed by atoms with Crippen LogP contribution >= 0.6 is 15.9 Å². The van der Waals surface area contributed by atoms with E-state index in [1.807, 2.05) is 0 Å². The fourth-order valence-electron chi connectivity index (χ4n) is 1.88. The number of furan rings is 1. The molecule has 0 saturated heterocycles. The number of carboxylic acids is 1. The van der Waals surface area contributed by atoms with Gasteiger partial charge >= 0.3 is 5.97 Å². The van der Waals surface area contributed by atoms with Crippen molar-refractivity contribution in [3.8, 4) is 0 Å². The van der Waals surface area contributed by atoms with E-state index in [4.69, 9.17) is 9.52 Å². The van der Waals surface area contributed by atoms with Crippen LogP contribution in [0.4, 0.5) is 0 Å². The van der Waals surface area contributed by atoms with Crippen LogP contribution < -0.4 is 4.72 Å². The van der Waals surface area contributed by atoms with Gasteiger partial charge in [0.2, 0.25) is 15.8 Å². The third-order valence-electron chi connectivity index (χ3n) is 3.12. The average molecular weight is 354 g/mol. The molecule has 9 heteroatoms. The molecule has 0 aliphatic heterocycles. The minimum Gasteiger partial charge on any atom is -0.475 e. The molecule has 1 aliphatic rings. The number of aliphatic hydroxyl groups is 1. The molecule has 0 radical (unpaired) electrons. The molecule has 3 N–H and O–H groups in total. The van der Waals surface area contributed by atoms with Crippen LogP contribution in [0.15, 0.2) is 20.0 Å². The second-order valence-electron chi connectivity index (χ2n) is 4.45. The maximum Gasteiger partial charge on any atom is 0.371 e. The van der Waals surface area contributed by atoms with E-state index in [2.05, 4.69) is 20.7 Å². The van der Waals surface area contributed by atoms with Gasteiger partial charge in [0.1, 0.15) is 4.90 Å². The van der Waals surface area contributed by atoms with Gasteiger partial charge in [0.05, 0.1) is 12.1 Å². The van der Waals surface area contributed by atoms with Gasteiger partial charge in [0.15, 0.2) is 4.67 Å². The van der Waals surface area contributed by atoms with Gasteiger partial charge in [-0.05, 0) is 35.2 Å². The van der Waals surface area contributed by atoms with Gasteiger partial charge in [0, 0.05) is 6.07 Å². The van der Waals surface area contributed by atoms with Crippen molar-refractivity contribution in [2.75, 3.05) is 6.61 Å². The molecule has 7 nitrogen and oxygen atoms in total. The molecule has 1 aromatic heterocycles. The van der Waals surface area contributed by atoms with Gasteiger partial charge in [-0.2, -0.15) is 0 Å². The number of nitrogens with one attached hydrogen (secondary N) is 1. The number of halogens is 1. The standard InChI is InChI=1S/C10H12BrNO6S/c11-8-7(4-6(18-8)9(14)15)19(16,17)12-10(5-13)2-1-3-10/h4,12-13H,1-3,5H2,(H,14,15). The Morgan fingerprint density at radius 3 is 2.53 bits per heavy atom. The third-order valence-corrected chi connectivity index (χ3v) is 5.56. The van der Waals surface area contributed by atoms with E-state index < -0.39 is 27.3 Å². The number of sulfonamides is 1. The van der Waals surface area contributed by atoms with Gasteiger partial charge in [-0.25, -0.2) is 17.9 Å². The number of aliphatic hydroxyl groups excluding tert-OH is 1. The van der Waals surface area contributed by atoms with Crippen molar-refractivity contribution in [2.24, 2.45) is 0 Å². The van der Waals surface area contributed by atoms with Gasteiger partial charge < -0.3 is 14.6 Å². The lowest BCUT2D eigenvalue weighted by Gasteiger charge is -2.40. The summed E-state index contributed by atoms with van der Waals surface area (Å²) in [5.74, 6) is -1.83. The summed E-state index contributed by atoms with van der Waals surface area (Å²) in [6.45, 7) is -0.298. The first-order chi connectivity index (χ1) is 8.80. The maximum absolute atomic E-state index is 12.2. The van der Waals surface area contributed by atoms with E-state index in [0.717, 1.165) is 12.5 Å². The lowest BCUT2D eigenvalue weighted by Crippen LogP contribution is -2.55. The first-order valence-corrected chi connectivity index (χ1v) is 7.75. The topological polar surface area (TPSA) is 117 Å². The second-order valence-corrected chi connectivity index (χ2v) is 6.82. The molecule has 1 heterocycles. The Morgan fingerprint density at radius 1 is 1.53 bits per heavy atom. The Kier molecular flexibility index (Phi) is 3.74. The average Bonchev–Trinajstić information content (AvgIpc) is 2.67. The summed E-state index contributed by atoms with van der Waals surface area (Å²) in [6, 6.07) is 0.929. The molecular formula is C10H12BrNO6S. The highest BCUT2D eigenvalue weighted by atomic mass is 79.9. The zero-order valence-corrected chi connectivity index (χ0v) is 12.1. The minimum atomic E-state index is -3.95. The van der Waals surface area contributed by atoms with E-state index in [1.54, 1.807) is 0 Å². The fourth-order valence-corrected chi connectivity index (χ4v) is 4.27. The van der Waals surface area contributed by atoms with Gasteiger partial charge in [-0.1, -0.05) is 0 Å². The number of aromatic carboxylic acids is 1. The van der Waals surface area contributed by atoms with Crippen LogP contribution in [-0.4, -0.2) is 36.7 Å². The molecule has 1 saturated carbocycles. The molecule has 0 spiro atoms. The molecule has 0 amide bonds. The molecule has 1 aromatic rings. The molecule has 1 fully saturated rings. The van der Waals surface area contributed by atoms with Crippen molar-refractivity contribution >= 4 is 31.9 Å². The lowest BCUT2D eigenvalue weighted by molar-refractivity contribution is 0.0661. The zero-order valence-electron chi connectivity index (χ0n) is 9.72. The predicted octanol–water partition coefficient (Wildman–Crippen LogP) is 0.934. The van der Waals surface area contributed by atoms with Crippen LogP contribution in [0.3, 0.4) is 0 Å². The summed E-state index contributed by atoms with van der Waals surface area (Å²) in [6.07, 6.45) is 1.92. The van der Waals surface area contributed by atoms with Crippen LogP contribution in [0, 0.1) is 0 Å². The molecule has 19 heavy (non-hydrogen) atoms. The van der Waals surface area contributed by atoms with Gasteiger partial charge in [0.25, 0.3) is 0 Å². The number of carbonyl (C=O) groups is 1. The number of rotatable bonds is 5. The highest BCUT2D eigenvalue weighted by Gasteiger charge is 2.41. The van der Waals surface area contributed by atoms with Crippen molar-refractivity contribution in [3.63, 3.8) is 0 Å². The molecule has 1 aliphatic carbocycles. The second kappa shape index (κ2) is 4.89. The smallest absolute Gasteiger partial charge is 0.371 e. The van der Waals surface area contributed by atoms with Crippen LogP contribution in [0.5, 0.6) is 0 Å². The quantitative estimate of drug-likeness (QED) is 0.724. The summed E-state index contributed by atoms with van der Waals surface area (Å²) in [4.78, 5) is 10.4. The largest absolute Gasteiger partial charge is 0.475 e. The summed E-state index contributed by atoms with van der Waals surface area (Å²) < 4.78 is 31.3. The molecule has 0 unspecified atom stereocenters. The van der Waals surface area contributed by atoms with Gasteiger partial charge in [-0.15, -0.1) is 0 Å². The lowest BCUT2D eigenvalue weighted by atomic mass is 9.78. The Bertz CT molecular complexity index is 598. The predicted molar refractivity (Wildman–Crippen MR) is 67.4 cm³/mol. The molecule has 0 bridgehead atoms. The summed E-state index contributed by atoms with van der Waals surface area (Å²) in [5, 5.41) is 18.0. The number of hydrogen-bond acceptors (Lipinski definition) is 5. The van der Waals surface area contributed by atoms with E-state index in [0.29, 0.717) is 12.8 Å². The third kappa shape index (κ3) is 2.69. The first kappa shape index (κ1) is 14.5. The van der Waals surface area contributed by atoms with E-state index in [-0.39, 0.29) is 16.2 Å². The summed E-state index contributed by atoms with van der Waals surface area (Å²) in [5.41, 5.74) is -0.848. The van der Waals surface area contributed by atoms with Crippen molar-refractivity contribution < 1.29 is 27.8 Å². The number of hydrogen-bond donors (Lipinski definition) is 3. The molecule has 106 valence electrons. The molecule has 0 aromatic carbocycles. The Morgan fingerprint density at radius 2 is 2.16 bits per heavy atom. The van der Waals surface area contributed by atoms with Crippen LogP contribution in [-0.2, 0) is 10.0 Å². The molecule has 2 rings (SSSR count). The van der Waals surface area contributed by atoms with E-state index in [1.165, 1.54) is 0 Å². The molecular weight excluding hydrogens is 342 g/mol. The fraction of sp³-hybridized carbons (Fsp3) is 0.500. The minimum absolute atomic E-state index is 0.176. The summed E-state index contributed by atoms with van der Waals surface area (Å²) >= 11 is 2.88. The maximum atomic E-state index is 12.2. The SMILES string of the molecule is O=C(O)c1cc(S(=O)(=O)NC2(CO)CCC2)c(Br)o1. The van der Waals surface area contributed by atoms with E-state index in [9.17, 15) is 18.3 Å². The Hall–Kier alpha value is -0.900. The Labute approximate surface area is 117 Å². The van der Waals surface area contributed by atoms with Gasteiger partial charge in [-0.3, -0.25) is 0 Å². The normalized spacial score (nSPS) is 18.0. The first-order valence-electron chi connectivity index (χ1n) is 5.47. The molecule has 0 atom stereocenters. The monoisotopic (exact) mass is 353 g/mol. The van der Waals surface area contributed by atoms with Crippen LogP contribution in [0.25, 0.3) is 0 Å².